The van der Waals surface area contributed by atoms with Gasteiger partial charge in [0.25, 0.3) is 0 Å². The van der Waals surface area contributed by atoms with Gasteiger partial charge < -0.3 is 14.4 Å². The largest absolute Gasteiger partial charge is 0.498 e. The first-order chi connectivity index (χ1) is 8.64. The molecule has 0 amide bonds. The van der Waals surface area contributed by atoms with Crippen molar-refractivity contribution in [2.24, 2.45) is 0 Å². The zero-order chi connectivity index (χ0) is 14.4. The standard InChI is InChI=1S/C11H19BN2O3/c1-10(2)11(3,4)17-12(16-10)9-7-13-14(8-9)5-6-15/h7-8,15H,5-6H2,1-4H3/i5D,6D/t5-,6-/m0/s1. The Morgan fingerprint density at radius 1 is 1.41 bits per heavy atom. The van der Waals surface area contributed by atoms with E-state index in [9.17, 15) is 0 Å². The third kappa shape index (κ3) is 2.25. The molecule has 2 atom stereocenters. The normalized spacial score (nSPS) is 27.5. The molecule has 5 nitrogen and oxygen atoms in total. The minimum Gasteiger partial charge on any atom is -0.399 e. The van der Waals surface area contributed by atoms with Gasteiger partial charge in [0.05, 0.1) is 27.0 Å². The van der Waals surface area contributed by atoms with Crippen LogP contribution in [-0.2, 0) is 15.8 Å². The molecule has 1 fully saturated rings. The average Bonchev–Trinajstić information content (AvgIpc) is 2.81. The van der Waals surface area contributed by atoms with Crippen molar-refractivity contribution in [1.29, 1.82) is 0 Å². The van der Waals surface area contributed by atoms with Gasteiger partial charge in [0.1, 0.15) is 0 Å². The maximum absolute atomic E-state index is 9.07. The molecule has 2 rings (SSSR count). The number of rotatable bonds is 3. The summed E-state index contributed by atoms with van der Waals surface area (Å²) in [6.07, 6.45) is 3.10. The Kier molecular flexibility index (Phi) is 2.45. The van der Waals surface area contributed by atoms with E-state index in [-0.39, 0.29) is 0 Å². The summed E-state index contributed by atoms with van der Waals surface area (Å²) in [5.74, 6) is 0. The molecule has 0 unspecified atom stereocenters. The first-order valence-corrected chi connectivity index (χ1v) is 5.56. The second-order valence-corrected chi connectivity index (χ2v) is 5.14. The van der Waals surface area contributed by atoms with Gasteiger partial charge in [-0.15, -0.1) is 0 Å². The van der Waals surface area contributed by atoms with Crippen molar-refractivity contribution in [2.45, 2.75) is 45.4 Å². The van der Waals surface area contributed by atoms with Crippen molar-refractivity contribution in [2.75, 3.05) is 6.58 Å². The first kappa shape index (κ1) is 10.1. The van der Waals surface area contributed by atoms with Crippen molar-refractivity contribution in [3.63, 3.8) is 0 Å². The second-order valence-electron chi connectivity index (χ2n) is 5.14. The molecule has 0 aromatic carbocycles. The van der Waals surface area contributed by atoms with Gasteiger partial charge >= 0.3 is 7.12 Å². The molecular formula is C11H19BN2O3. The van der Waals surface area contributed by atoms with E-state index in [0.29, 0.717) is 5.46 Å². The Balaban J connectivity index is 2.17. The van der Waals surface area contributed by atoms with E-state index in [2.05, 4.69) is 5.10 Å². The monoisotopic (exact) mass is 240 g/mol. The maximum atomic E-state index is 9.07. The smallest absolute Gasteiger partial charge is 0.399 e. The number of hydrogen-bond donors (Lipinski definition) is 1. The topological polar surface area (TPSA) is 56.5 Å². The van der Waals surface area contributed by atoms with Crippen LogP contribution < -0.4 is 5.46 Å². The molecule has 1 aromatic rings. The Morgan fingerprint density at radius 3 is 2.53 bits per heavy atom. The second kappa shape index (κ2) is 4.12. The number of aryl methyl sites for hydroxylation is 1. The molecule has 0 aliphatic carbocycles. The van der Waals surface area contributed by atoms with Crippen LogP contribution in [-0.4, -0.2) is 39.8 Å². The van der Waals surface area contributed by atoms with E-state index < -0.39 is 31.4 Å². The maximum Gasteiger partial charge on any atom is 0.498 e. The summed E-state index contributed by atoms with van der Waals surface area (Å²) in [6.45, 7) is 5.13. The van der Waals surface area contributed by atoms with Crippen molar-refractivity contribution < 1.29 is 17.2 Å². The van der Waals surface area contributed by atoms with Crippen LogP contribution in [0.1, 0.15) is 30.4 Å². The molecule has 6 heteroatoms. The van der Waals surface area contributed by atoms with Gasteiger partial charge in [-0.3, -0.25) is 4.68 Å². The lowest BCUT2D eigenvalue weighted by molar-refractivity contribution is 0.00578. The summed E-state index contributed by atoms with van der Waals surface area (Å²) in [4.78, 5) is 0. The Morgan fingerprint density at radius 2 is 2.00 bits per heavy atom. The van der Waals surface area contributed by atoms with E-state index in [0.717, 1.165) is 0 Å². The summed E-state index contributed by atoms with van der Waals surface area (Å²) >= 11 is 0. The lowest BCUT2D eigenvalue weighted by atomic mass is 9.82. The fraction of sp³-hybridized carbons (Fsp3) is 0.727. The highest BCUT2D eigenvalue weighted by atomic mass is 16.7. The van der Waals surface area contributed by atoms with Crippen LogP contribution in [0.25, 0.3) is 0 Å². The molecule has 0 saturated carbocycles. The summed E-state index contributed by atoms with van der Waals surface area (Å²) in [5, 5.41) is 13.0. The van der Waals surface area contributed by atoms with Crippen molar-refractivity contribution in [1.82, 2.24) is 9.78 Å². The molecule has 94 valence electrons. The van der Waals surface area contributed by atoms with Crippen molar-refractivity contribution in [3.05, 3.63) is 12.4 Å². The van der Waals surface area contributed by atoms with Crippen LogP contribution in [0.2, 0.25) is 0 Å². The molecular weight excluding hydrogens is 219 g/mol. The molecule has 1 aliphatic rings. The molecule has 2 heterocycles. The van der Waals surface area contributed by atoms with Gasteiger partial charge in [-0.1, -0.05) is 0 Å². The van der Waals surface area contributed by atoms with Crippen LogP contribution in [0.5, 0.6) is 0 Å². The van der Waals surface area contributed by atoms with Gasteiger partial charge in [0.2, 0.25) is 0 Å². The highest BCUT2D eigenvalue weighted by Gasteiger charge is 2.52. The fourth-order valence-electron chi connectivity index (χ4n) is 1.60. The fourth-order valence-corrected chi connectivity index (χ4v) is 1.60. The number of nitrogens with zero attached hydrogens (tertiary/aromatic N) is 2. The van der Waals surface area contributed by atoms with Gasteiger partial charge in [-0.05, 0) is 27.7 Å². The van der Waals surface area contributed by atoms with E-state index >= 15 is 0 Å². The summed E-state index contributed by atoms with van der Waals surface area (Å²) in [5.41, 5.74) is -0.194. The molecule has 0 bridgehead atoms. The molecule has 1 N–H and O–H groups in total. The van der Waals surface area contributed by atoms with Crippen molar-refractivity contribution >= 4 is 12.6 Å². The van der Waals surface area contributed by atoms with Gasteiger partial charge in [-0.25, -0.2) is 0 Å². The number of aromatic nitrogens is 2. The van der Waals surface area contributed by atoms with E-state index in [1.165, 1.54) is 10.9 Å². The Bertz CT molecular complexity index is 449. The van der Waals surface area contributed by atoms with Crippen LogP contribution in [0.4, 0.5) is 0 Å². The van der Waals surface area contributed by atoms with Crippen molar-refractivity contribution in [3.8, 4) is 0 Å². The molecule has 1 aromatic heterocycles. The van der Waals surface area contributed by atoms with Crippen LogP contribution >= 0.6 is 0 Å². The third-order valence-corrected chi connectivity index (χ3v) is 3.37. The summed E-state index contributed by atoms with van der Waals surface area (Å²) < 4.78 is 27.6. The number of aliphatic hydroxyl groups is 1. The van der Waals surface area contributed by atoms with E-state index in [4.69, 9.17) is 17.2 Å². The Hall–Kier alpha value is -0.845. The Labute approximate surface area is 105 Å². The zero-order valence-electron chi connectivity index (χ0n) is 12.5. The van der Waals surface area contributed by atoms with Gasteiger partial charge in [0, 0.05) is 17.9 Å². The third-order valence-electron chi connectivity index (χ3n) is 3.37. The first-order valence-electron chi connectivity index (χ1n) is 6.72. The highest BCUT2D eigenvalue weighted by molar-refractivity contribution is 6.61. The van der Waals surface area contributed by atoms with E-state index in [1.54, 1.807) is 6.20 Å². The predicted molar refractivity (Wildman–Crippen MR) is 65.0 cm³/mol. The molecule has 17 heavy (non-hydrogen) atoms. The summed E-state index contributed by atoms with van der Waals surface area (Å²) in [6, 6.07) is 0. The van der Waals surface area contributed by atoms with E-state index in [1.807, 2.05) is 27.7 Å². The number of aliphatic hydroxyl groups excluding tert-OH is 1. The minimum absolute atomic E-state index is 0.435. The lowest BCUT2D eigenvalue weighted by Gasteiger charge is -2.32. The van der Waals surface area contributed by atoms with Gasteiger partial charge in [-0.2, -0.15) is 5.10 Å². The molecule has 0 spiro atoms. The highest BCUT2D eigenvalue weighted by Crippen LogP contribution is 2.36. The SMILES string of the molecule is [2H][C@H](O)[C@H]([2H])n1cc(B2OC(C)(C)C(C)(C)O2)cn1. The summed E-state index contributed by atoms with van der Waals surface area (Å²) in [7, 11) is -0.547. The van der Waals surface area contributed by atoms with Crippen LogP contribution in [0, 0.1) is 0 Å². The number of hydrogen-bond acceptors (Lipinski definition) is 4. The molecule has 1 saturated heterocycles. The lowest BCUT2D eigenvalue weighted by Crippen LogP contribution is -2.41. The average molecular weight is 240 g/mol. The van der Waals surface area contributed by atoms with Crippen LogP contribution in [0.3, 0.4) is 0 Å². The zero-order valence-corrected chi connectivity index (χ0v) is 10.5. The molecule has 0 radical (unpaired) electrons. The quantitative estimate of drug-likeness (QED) is 0.765. The van der Waals surface area contributed by atoms with Gasteiger partial charge in [0.15, 0.2) is 0 Å². The minimum atomic E-state index is -1.54. The van der Waals surface area contributed by atoms with Crippen LogP contribution in [0.15, 0.2) is 12.4 Å². The predicted octanol–water partition coefficient (Wildman–Crippen LogP) is 0.175. The molecule has 1 aliphatic heterocycles.